The second-order valence-electron chi connectivity index (χ2n) is 5.05. The van der Waals surface area contributed by atoms with Gasteiger partial charge in [-0.25, -0.2) is 4.79 Å². The number of alkyl halides is 3. The zero-order chi connectivity index (χ0) is 16.6. The number of carbonyl (C=O) groups is 1. The molecule has 0 aliphatic carbocycles. The van der Waals surface area contributed by atoms with E-state index in [1.54, 1.807) is 17.7 Å². The highest BCUT2D eigenvalue weighted by atomic mass is 32.2. The van der Waals surface area contributed by atoms with Crippen molar-refractivity contribution in [3.63, 3.8) is 0 Å². The molecule has 0 saturated heterocycles. The van der Waals surface area contributed by atoms with E-state index >= 15 is 0 Å². The molecule has 0 bridgehead atoms. The Labute approximate surface area is 132 Å². The van der Waals surface area contributed by atoms with Crippen LogP contribution in [0.3, 0.4) is 0 Å². The first-order valence-electron chi connectivity index (χ1n) is 6.69. The first kappa shape index (κ1) is 15.6. The highest BCUT2D eigenvalue weighted by Crippen LogP contribution is 2.49. The van der Waals surface area contributed by atoms with E-state index in [2.05, 4.69) is 4.99 Å². The maximum absolute atomic E-state index is 12.6. The molecule has 1 unspecified atom stereocenters. The molecule has 0 spiro atoms. The Morgan fingerprint density at radius 2 is 1.83 bits per heavy atom. The fraction of sp³-hybridized carbons (Fsp3) is 0.125. The van der Waals surface area contributed by atoms with Crippen molar-refractivity contribution >= 4 is 28.1 Å². The van der Waals surface area contributed by atoms with Crippen molar-refractivity contribution in [2.75, 3.05) is 0 Å². The molecule has 1 aliphatic rings. The highest BCUT2D eigenvalue weighted by Gasteiger charge is 2.30. The van der Waals surface area contributed by atoms with E-state index in [1.165, 1.54) is 18.2 Å². The molecule has 0 radical (unpaired) electrons. The summed E-state index contributed by atoms with van der Waals surface area (Å²) in [6, 6.07) is 9.85. The lowest BCUT2D eigenvalue weighted by Gasteiger charge is -2.16. The van der Waals surface area contributed by atoms with Gasteiger partial charge in [0.15, 0.2) is 0 Å². The summed E-state index contributed by atoms with van der Waals surface area (Å²) in [6.07, 6.45) is -4.36. The summed E-state index contributed by atoms with van der Waals surface area (Å²) in [7, 11) is -0.982. The molecular weight excluding hydrogens is 327 g/mol. The van der Waals surface area contributed by atoms with Crippen LogP contribution in [0.15, 0.2) is 52.4 Å². The van der Waals surface area contributed by atoms with Gasteiger partial charge in [-0.2, -0.15) is 24.1 Å². The van der Waals surface area contributed by atoms with Crippen LogP contribution in [0.1, 0.15) is 21.5 Å². The van der Waals surface area contributed by atoms with Gasteiger partial charge in [-0.1, -0.05) is 18.2 Å². The maximum Gasteiger partial charge on any atom is 0.416 e. The molecule has 0 aromatic heterocycles. The van der Waals surface area contributed by atoms with E-state index in [-0.39, 0.29) is 5.56 Å². The molecule has 0 saturated carbocycles. The quantitative estimate of drug-likeness (QED) is 0.801. The number of aliphatic imine (C=N–C) groups is 1. The van der Waals surface area contributed by atoms with Gasteiger partial charge in [-0.3, -0.25) is 4.99 Å². The van der Waals surface area contributed by atoms with Crippen molar-refractivity contribution in [3.8, 4) is 0 Å². The van der Waals surface area contributed by atoms with Crippen LogP contribution in [0.5, 0.6) is 0 Å². The van der Waals surface area contributed by atoms with Crippen LogP contribution >= 0.6 is 10.9 Å². The Bertz CT molecular complexity index is 785. The largest absolute Gasteiger partial charge is 0.478 e. The van der Waals surface area contributed by atoms with Crippen LogP contribution in [0, 0.1) is 0 Å². The highest BCUT2D eigenvalue weighted by molar-refractivity contribution is 8.28. The number of fused-ring (bicyclic) bond motifs is 1. The molecule has 2 aromatic rings. The minimum Gasteiger partial charge on any atom is -0.478 e. The normalized spacial score (nSPS) is 18.0. The van der Waals surface area contributed by atoms with Gasteiger partial charge in [0.05, 0.1) is 16.8 Å². The topological polar surface area (TPSA) is 49.7 Å². The molecule has 0 fully saturated rings. The molecule has 1 N–H and O–H groups in total. The van der Waals surface area contributed by atoms with Crippen LogP contribution in [0.4, 0.5) is 18.9 Å². The van der Waals surface area contributed by atoms with Crippen molar-refractivity contribution in [1.82, 2.24) is 0 Å². The van der Waals surface area contributed by atoms with E-state index < -0.39 is 28.6 Å². The molecule has 1 heterocycles. The minimum atomic E-state index is -4.36. The van der Waals surface area contributed by atoms with Gasteiger partial charge in [-0.15, -0.1) is 0 Å². The molecule has 7 heteroatoms. The number of hydrogen-bond acceptors (Lipinski definition) is 2. The van der Waals surface area contributed by atoms with Crippen LogP contribution < -0.4 is 0 Å². The zero-order valence-corrected chi connectivity index (χ0v) is 12.6. The number of aromatic carboxylic acids is 1. The van der Waals surface area contributed by atoms with Crippen molar-refractivity contribution in [2.24, 2.45) is 4.99 Å². The zero-order valence-electron chi connectivity index (χ0n) is 11.7. The molecule has 120 valence electrons. The third kappa shape index (κ3) is 3.10. The second-order valence-corrected chi connectivity index (χ2v) is 6.98. The monoisotopic (exact) mass is 339 g/mol. The number of benzene rings is 2. The predicted octanol–water partition coefficient (Wildman–Crippen LogP) is 4.64. The first-order chi connectivity index (χ1) is 10.9. The van der Waals surface area contributed by atoms with Gasteiger partial charge < -0.3 is 5.11 Å². The van der Waals surface area contributed by atoms with Gasteiger partial charge in [0, 0.05) is 16.2 Å². The fourth-order valence-electron chi connectivity index (χ4n) is 2.42. The van der Waals surface area contributed by atoms with Gasteiger partial charge >= 0.3 is 12.1 Å². The van der Waals surface area contributed by atoms with Gasteiger partial charge in [-0.05, 0) is 29.8 Å². The summed E-state index contributed by atoms with van der Waals surface area (Å²) in [6.45, 7) is 0. The van der Waals surface area contributed by atoms with Crippen LogP contribution in [0.25, 0.3) is 0 Å². The summed E-state index contributed by atoms with van der Waals surface area (Å²) in [5, 5.41) is 9.29. The smallest absolute Gasteiger partial charge is 0.416 e. The Hall–Kier alpha value is -2.28. The second kappa shape index (κ2) is 5.73. The number of nitrogens with zero attached hydrogens (tertiary/aromatic N) is 1. The summed E-state index contributed by atoms with van der Waals surface area (Å²) in [5.74, 6) is -0.555. The lowest BCUT2D eigenvalue weighted by molar-refractivity contribution is -0.137. The number of thiol groups is 1. The number of hydrogen-bond donors (Lipinski definition) is 2. The third-order valence-electron chi connectivity index (χ3n) is 3.50. The van der Waals surface area contributed by atoms with Crippen molar-refractivity contribution in [1.29, 1.82) is 0 Å². The number of rotatable bonds is 3. The van der Waals surface area contributed by atoms with Crippen LogP contribution in [0.2, 0.25) is 0 Å². The Morgan fingerprint density at radius 3 is 2.43 bits per heavy atom. The average molecular weight is 339 g/mol. The molecule has 23 heavy (non-hydrogen) atoms. The van der Waals surface area contributed by atoms with E-state index in [9.17, 15) is 23.1 Å². The lowest BCUT2D eigenvalue weighted by atomic mass is 10.1. The summed E-state index contributed by atoms with van der Waals surface area (Å²) < 4.78 is 37.7. The molecule has 1 atom stereocenters. The molecule has 3 nitrogen and oxygen atoms in total. The standard InChI is InChI=1S/C16H12F3NO2S/c17-16(18,19)11-6-4-10(5-7-11)8-23-9-20-13-3-1-2-12(14(13)23)15(21)22/h1-7,9,23H,8H2,(H,21,22). The van der Waals surface area contributed by atoms with E-state index in [4.69, 9.17) is 0 Å². The van der Waals surface area contributed by atoms with Gasteiger partial charge in [0.2, 0.25) is 0 Å². The first-order valence-corrected chi connectivity index (χ1v) is 8.29. The fourth-order valence-corrected chi connectivity index (χ4v) is 4.54. The predicted molar refractivity (Wildman–Crippen MR) is 84.0 cm³/mol. The average Bonchev–Trinajstić information content (AvgIpc) is 2.90. The molecule has 1 aliphatic heterocycles. The summed E-state index contributed by atoms with van der Waals surface area (Å²) >= 11 is 0. The number of halogens is 3. The minimum absolute atomic E-state index is 0.207. The molecule has 0 amide bonds. The molecule has 3 rings (SSSR count). The van der Waals surface area contributed by atoms with Crippen molar-refractivity contribution in [2.45, 2.75) is 16.8 Å². The van der Waals surface area contributed by atoms with Crippen molar-refractivity contribution < 1.29 is 23.1 Å². The van der Waals surface area contributed by atoms with Crippen LogP contribution in [-0.2, 0) is 11.9 Å². The summed E-state index contributed by atoms with van der Waals surface area (Å²) in [4.78, 5) is 16.3. The third-order valence-corrected chi connectivity index (χ3v) is 5.65. The van der Waals surface area contributed by atoms with E-state index in [0.29, 0.717) is 16.3 Å². The Morgan fingerprint density at radius 1 is 1.13 bits per heavy atom. The molecular formula is C16H12F3NO2S. The van der Waals surface area contributed by atoms with Crippen molar-refractivity contribution in [3.05, 3.63) is 59.2 Å². The van der Waals surface area contributed by atoms with Gasteiger partial charge in [0.25, 0.3) is 0 Å². The number of carboxylic acid groups (broad SMARTS) is 1. The Balaban J connectivity index is 1.87. The number of carboxylic acids is 1. The van der Waals surface area contributed by atoms with Gasteiger partial charge in [0.1, 0.15) is 0 Å². The maximum atomic E-state index is 12.6. The summed E-state index contributed by atoms with van der Waals surface area (Å²) in [5.41, 5.74) is 2.58. The van der Waals surface area contributed by atoms with Crippen LogP contribution in [-0.4, -0.2) is 16.6 Å². The lowest BCUT2D eigenvalue weighted by Crippen LogP contribution is -2.04. The molecule has 2 aromatic carbocycles. The Kier molecular flexibility index (Phi) is 3.89. The van der Waals surface area contributed by atoms with E-state index in [1.807, 2.05) is 0 Å². The van der Waals surface area contributed by atoms with E-state index in [0.717, 1.165) is 17.7 Å². The SMILES string of the molecule is O=C(O)c1cccc2c1[SH](Cc1ccc(C(F)(F)F)cc1)C=N2.